The summed E-state index contributed by atoms with van der Waals surface area (Å²) >= 11 is 0. The molecular formula is C21H28N4O2. The first-order valence-corrected chi connectivity index (χ1v) is 9.66. The Morgan fingerprint density at radius 3 is 2.41 bits per heavy atom. The van der Waals surface area contributed by atoms with E-state index in [4.69, 9.17) is 0 Å². The molecule has 1 saturated heterocycles. The number of imidazole rings is 1. The fourth-order valence-corrected chi connectivity index (χ4v) is 3.43. The van der Waals surface area contributed by atoms with Crippen LogP contribution in [-0.2, 0) is 11.3 Å². The van der Waals surface area contributed by atoms with E-state index in [1.165, 1.54) is 0 Å². The van der Waals surface area contributed by atoms with Crippen molar-refractivity contribution in [1.82, 2.24) is 19.8 Å². The molecule has 0 aliphatic carbocycles. The van der Waals surface area contributed by atoms with Gasteiger partial charge in [-0.15, -0.1) is 0 Å². The van der Waals surface area contributed by atoms with Gasteiger partial charge in [0.2, 0.25) is 5.91 Å². The average molecular weight is 368 g/mol. The molecule has 0 radical (unpaired) electrons. The molecule has 1 atom stereocenters. The molecule has 2 aromatic rings. The minimum absolute atomic E-state index is 0.0490. The average Bonchev–Trinajstić information content (AvgIpc) is 3.37. The van der Waals surface area contributed by atoms with Crippen LogP contribution in [0.25, 0.3) is 0 Å². The Hall–Kier alpha value is -2.63. The van der Waals surface area contributed by atoms with Gasteiger partial charge in [-0.25, -0.2) is 4.98 Å². The number of hydrogen-bond donors (Lipinski definition) is 1. The normalized spacial score (nSPS) is 15.2. The van der Waals surface area contributed by atoms with E-state index in [-0.39, 0.29) is 23.8 Å². The van der Waals surface area contributed by atoms with E-state index < -0.39 is 0 Å². The number of hydrogen-bond acceptors (Lipinski definition) is 3. The highest BCUT2D eigenvalue weighted by Crippen LogP contribution is 2.17. The third-order valence-corrected chi connectivity index (χ3v) is 5.07. The maximum atomic E-state index is 12.5. The summed E-state index contributed by atoms with van der Waals surface area (Å²) in [6.07, 6.45) is 5.75. The molecule has 1 N–H and O–H groups in total. The zero-order chi connectivity index (χ0) is 19.4. The molecule has 6 nitrogen and oxygen atoms in total. The van der Waals surface area contributed by atoms with E-state index in [1.54, 1.807) is 6.20 Å². The minimum atomic E-state index is -0.319. The van der Waals surface area contributed by atoms with Gasteiger partial charge in [0.25, 0.3) is 5.91 Å². The van der Waals surface area contributed by atoms with Crippen LogP contribution in [0.2, 0.25) is 0 Å². The fraction of sp³-hybridized carbons (Fsp3) is 0.476. The molecule has 144 valence electrons. The van der Waals surface area contributed by atoms with E-state index in [2.05, 4.69) is 24.1 Å². The second-order valence-corrected chi connectivity index (χ2v) is 7.44. The third-order valence-electron chi connectivity index (χ3n) is 5.07. The van der Waals surface area contributed by atoms with Crippen molar-refractivity contribution in [2.75, 3.05) is 13.1 Å². The Balaban J connectivity index is 1.57. The van der Waals surface area contributed by atoms with E-state index in [0.717, 1.165) is 37.3 Å². The van der Waals surface area contributed by atoms with Gasteiger partial charge in [0.15, 0.2) is 0 Å². The fourth-order valence-electron chi connectivity index (χ4n) is 3.43. The smallest absolute Gasteiger partial charge is 0.253 e. The zero-order valence-corrected chi connectivity index (χ0v) is 16.3. The molecule has 27 heavy (non-hydrogen) atoms. The molecule has 0 spiro atoms. The Bertz CT molecular complexity index is 789. The van der Waals surface area contributed by atoms with Gasteiger partial charge >= 0.3 is 0 Å². The first kappa shape index (κ1) is 19.1. The van der Waals surface area contributed by atoms with Crippen molar-refractivity contribution in [2.45, 2.75) is 52.1 Å². The second-order valence-electron chi connectivity index (χ2n) is 7.44. The predicted octanol–water partition coefficient (Wildman–Crippen LogP) is 3.12. The van der Waals surface area contributed by atoms with Gasteiger partial charge in [-0.3, -0.25) is 9.59 Å². The summed E-state index contributed by atoms with van der Waals surface area (Å²) in [7, 11) is 0. The Morgan fingerprint density at radius 2 is 1.78 bits per heavy atom. The standard InChI is InChI=1S/C21H28N4O2/c1-15(2)19-22-10-13-25(19)16(3)20(26)23-14-17-6-8-18(9-7-17)21(27)24-11-4-5-12-24/h6-10,13,15-16H,4-5,11-12,14H2,1-3H3,(H,23,26). The van der Waals surface area contributed by atoms with Crippen LogP contribution in [0.5, 0.6) is 0 Å². The van der Waals surface area contributed by atoms with Gasteiger partial charge in [-0.05, 0) is 37.5 Å². The van der Waals surface area contributed by atoms with E-state index >= 15 is 0 Å². The van der Waals surface area contributed by atoms with E-state index in [0.29, 0.717) is 12.1 Å². The molecule has 6 heteroatoms. The molecule has 3 rings (SSSR count). The Labute approximate surface area is 160 Å². The highest BCUT2D eigenvalue weighted by molar-refractivity contribution is 5.94. The quantitative estimate of drug-likeness (QED) is 0.852. The van der Waals surface area contributed by atoms with Gasteiger partial charge < -0.3 is 14.8 Å². The number of aromatic nitrogens is 2. The molecule has 1 aliphatic heterocycles. The summed E-state index contributed by atoms with van der Waals surface area (Å²) < 4.78 is 1.91. The van der Waals surface area contributed by atoms with Crippen LogP contribution in [0.4, 0.5) is 0 Å². The van der Waals surface area contributed by atoms with Crippen LogP contribution in [0.3, 0.4) is 0 Å². The molecule has 2 heterocycles. The molecule has 1 unspecified atom stereocenters. The van der Waals surface area contributed by atoms with Crippen LogP contribution in [0, 0.1) is 0 Å². The van der Waals surface area contributed by atoms with Crippen molar-refractivity contribution in [3.05, 3.63) is 53.6 Å². The second kappa shape index (κ2) is 8.37. The summed E-state index contributed by atoms with van der Waals surface area (Å²) in [5.74, 6) is 1.21. The first-order chi connectivity index (χ1) is 13.0. The van der Waals surface area contributed by atoms with Gasteiger partial charge in [0.1, 0.15) is 11.9 Å². The number of nitrogens with zero attached hydrogens (tertiary/aromatic N) is 3. The summed E-state index contributed by atoms with van der Waals surface area (Å²) in [6, 6.07) is 7.19. The Kier molecular flexibility index (Phi) is 5.94. The van der Waals surface area contributed by atoms with Gasteiger partial charge in [0, 0.05) is 43.5 Å². The monoisotopic (exact) mass is 368 g/mol. The summed E-state index contributed by atoms with van der Waals surface area (Å²) in [4.78, 5) is 31.1. The molecule has 2 amide bonds. The minimum Gasteiger partial charge on any atom is -0.350 e. The largest absolute Gasteiger partial charge is 0.350 e. The van der Waals surface area contributed by atoms with Crippen molar-refractivity contribution in [3.63, 3.8) is 0 Å². The molecule has 1 fully saturated rings. The molecule has 1 aromatic heterocycles. The molecular weight excluding hydrogens is 340 g/mol. The number of benzene rings is 1. The number of likely N-dealkylation sites (tertiary alicyclic amines) is 1. The maximum Gasteiger partial charge on any atom is 0.253 e. The SMILES string of the molecule is CC(C)c1nccn1C(C)C(=O)NCc1ccc(C(=O)N2CCCC2)cc1. The van der Waals surface area contributed by atoms with E-state index in [9.17, 15) is 9.59 Å². The lowest BCUT2D eigenvalue weighted by Crippen LogP contribution is -2.31. The van der Waals surface area contributed by atoms with Crippen LogP contribution in [-0.4, -0.2) is 39.4 Å². The van der Waals surface area contributed by atoms with Crippen molar-refractivity contribution >= 4 is 11.8 Å². The van der Waals surface area contributed by atoms with Crippen molar-refractivity contribution < 1.29 is 9.59 Å². The van der Waals surface area contributed by atoms with Gasteiger partial charge in [-0.2, -0.15) is 0 Å². The molecule has 0 bridgehead atoms. The van der Waals surface area contributed by atoms with Crippen LogP contribution in [0.15, 0.2) is 36.7 Å². The molecule has 0 saturated carbocycles. The molecule has 1 aliphatic rings. The first-order valence-electron chi connectivity index (χ1n) is 9.66. The van der Waals surface area contributed by atoms with Crippen molar-refractivity contribution in [1.29, 1.82) is 0 Å². The topological polar surface area (TPSA) is 67.2 Å². The number of carbonyl (C=O) groups is 2. The lowest BCUT2D eigenvalue weighted by molar-refractivity contribution is -0.124. The number of rotatable bonds is 6. The summed E-state index contributed by atoms with van der Waals surface area (Å²) in [6.45, 7) is 8.14. The van der Waals surface area contributed by atoms with Crippen molar-refractivity contribution in [3.8, 4) is 0 Å². The predicted molar refractivity (Wildman–Crippen MR) is 104 cm³/mol. The van der Waals surface area contributed by atoms with Crippen LogP contribution < -0.4 is 5.32 Å². The molecule has 1 aromatic carbocycles. The number of carbonyl (C=O) groups excluding carboxylic acids is 2. The number of nitrogens with one attached hydrogen (secondary N) is 1. The lowest BCUT2D eigenvalue weighted by atomic mass is 10.1. The van der Waals surface area contributed by atoms with Crippen molar-refractivity contribution in [2.24, 2.45) is 0 Å². The summed E-state index contributed by atoms with van der Waals surface area (Å²) in [5.41, 5.74) is 1.68. The lowest BCUT2D eigenvalue weighted by Gasteiger charge is -2.18. The zero-order valence-electron chi connectivity index (χ0n) is 16.3. The van der Waals surface area contributed by atoms with Gasteiger partial charge in [0.05, 0.1) is 0 Å². The number of amides is 2. The summed E-state index contributed by atoms with van der Waals surface area (Å²) in [5, 5.41) is 2.97. The Morgan fingerprint density at radius 1 is 1.11 bits per heavy atom. The van der Waals surface area contributed by atoms with Crippen LogP contribution in [0.1, 0.15) is 67.3 Å². The van der Waals surface area contributed by atoms with Crippen LogP contribution >= 0.6 is 0 Å². The third kappa shape index (κ3) is 4.38. The van der Waals surface area contributed by atoms with Gasteiger partial charge in [-0.1, -0.05) is 26.0 Å². The maximum absolute atomic E-state index is 12.5. The highest BCUT2D eigenvalue weighted by atomic mass is 16.2. The van der Waals surface area contributed by atoms with E-state index in [1.807, 2.05) is 46.9 Å². The highest BCUT2D eigenvalue weighted by Gasteiger charge is 2.20.